The molecule has 2 N–H and O–H groups in total. The van der Waals surface area contributed by atoms with Crippen LogP contribution in [0, 0.1) is 0 Å². The molecule has 0 spiro atoms. The third kappa shape index (κ3) is 3.53. The summed E-state index contributed by atoms with van der Waals surface area (Å²) < 4.78 is 0. The lowest BCUT2D eigenvalue weighted by atomic mass is 10.2. The summed E-state index contributed by atoms with van der Waals surface area (Å²) in [4.78, 5) is 11.7. The fraction of sp³-hybridized carbons (Fsp3) is 0.364. The number of carbonyl (C=O) groups excluding carboxylic acids is 1. The van der Waals surface area contributed by atoms with Crippen molar-refractivity contribution in [2.24, 2.45) is 0 Å². The van der Waals surface area contributed by atoms with Gasteiger partial charge >= 0.3 is 0 Å². The van der Waals surface area contributed by atoms with Crippen molar-refractivity contribution in [2.75, 3.05) is 13.6 Å². The molecule has 0 heterocycles. The van der Waals surface area contributed by atoms with Crippen LogP contribution in [0.1, 0.15) is 17.3 Å². The second-order valence-corrected chi connectivity index (χ2v) is 3.79. The molecule has 3 nitrogen and oxygen atoms in total. The third-order valence-corrected chi connectivity index (χ3v) is 2.51. The molecule has 1 amide bonds. The van der Waals surface area contributed by atoms with Crippen LogP contribution < -0.4 is 10.6 Å². The van der Waals surface area contributed by atoms with E-state index in [4.69, 9.17) is 11.6 Å². The van der Waals surface area contributed by atoms with Gasteiger partial charge in [-0.15, -0.1) is 0 Å². The molecule has 0 aromatic heterocycles. The highest BCUT2D eigenvalue weighted by Gasteiger charge is 2.09. The van der Waals surface area contributed by atoms with Crippen molar-refractivity contribution in [3.05, 3.63) is 34.9 Å². The Kier molecular flexibility index (Phi) is 4.59. The number of amides is 1. The van der Waals surface area contributed by atoms with Gasteiger partial charge in [0.2, 0.25) is 0 Å². The molecule has 4 heteroatoms. The molecule has 82 valence electrons. The fourth-order valence-corrected chi connectivity index (χ4v) is 1.31. The van der Waals surface area contributed by atoms with E-state index < -0.39 is 0 Å². The zero-order valence-electron chi connectivity index (χ0n) is 8.88. The molecule has 0 aliphatic carbocycles. The number of benzene rings is 1. The van der Waals surface area contributed by atoms with Gasteiger partial charge in [0.1, 0.15) is 0 Å². The third-order valence-electron chi connectivity index (χ3n) is 2.18. The maximum Gasteiger partial charge on any atom is 0.252 e. The Balaban J connectivity index is 2.58. The second-order valence-electron chi connectivity index (χ2n) is 3.38. The highest BCUT2D eigenvalue weighted by molar-refractivity contribution is 6.33. The summed E-state index contributed by atoms with van der Waals surface area (Å²) in [6.07, 6.45) is 0. The van der Waals surface area contributed by atoms with Gasteiger partial charge in [0.15, 0.2) is 0 Å². The lowest BCUT2D eigenvalue weighted by molar-refractivity contribution is 0.0950. The van der Waals surface area contributed by atoms with Crippen molar-refractivity contribution >= 4 is 17.5 Å². The Bertz CT molecular complexity index is 341. The van der Waals surface area contributed by atoms with E-state index in [2.05, 4.69) is 10.6 Å². The first-order valence-corrected chi connectivity index (χ1v) is 5.23. The second kappa shape index (κ2) is 5.73. The summed E-state index contributed by atoms with van der Waals surface area (Å²) >= 11 is 5.89. The summed E-state index contributed by atoms with van der Waals surface area (Å²) in [5.74, 6) is -0.136. The molecule has 0 aliphatic heterocycles. The van der Waals surface area contributed by atoms with Crippen molar-refractivity contribution in [1.82, 2.24) is 10.6 Å². The van der Waals surface area contributed by atoms with E-state index in [1.165, 1.54) is 0 Å². The number of carbonyl (C=O) groups is 1. The van der Waals surface area contributed by atoms with Gasteiger partial charge < -0.3 is 10.6 Å². The normalized spacial score (nSPS) is 12.2. The van der Waals surface area contributed by atoms with Gasteiger partial charge in [-0.05, 0) is 26.1 Å². The highest BCUT2D eigenvalue weighted by atomic mass is 35.5. The van der Waals surface area contributed by atoms with E-state index in [0.717, 1.165) is 0 Å². The van der Waals surface area contributed by atoms with Crippen LogP contribution in [0.2, 0.25) is 5.02 Å². The molecular formula is C11H15ClN2O. The van der Waals surface area contributed by atoms with Crippen molar-refractivity contribution in [3.8, 4) is 0 Å². The van der Waals surface area contributed by atoms with Crippen LogP contribution in [0.15, 0.2) is 24.3 Å². The van der Waals surface area contributed by atoms with E-state index in [1.54, 1.807) is 24.3 Å². The quantitative estimate of drug-likeness (QED) is 0.820. The number of likely N-dealkylation sites (N-methyl/N-ethyl adjacent to an activating group) is 1. The molecule has 1 aromatic rings. The SMILES string of the molecule is CNC(C)CNC(=O)c1ccccc1Cl. The fourth-order valence-electron chi connectivity index (χ4n) is 1.09. The molecule has 0 saturated heterocycles. The average molecular weight is 227 g/mol. The predicted molar refractivity (Wildman–Crippen MR) is 62.3 cm³/mol. The minimum Gasteiger partial charge on any atom is -0.350 e. The Hall–Kier alpha value is -1.06. The van der Waals surface area contributed by atoms with Crippen LogP contribution in [0.3, 0.4) is 0 Å². The molecule has 1 unspecified atom stereocenters. The number of rotatable bonds is 4. The molecule has 1 rings (SSSR count). The van der Waals surface area contributed by atoms with Crippen molar-refractivity contribution in [2.45, 2.75) is 13.0 Å². The van der Waals surface area contributed by atoms with Crippen LogP contribution in [-0.2, 0) is 0 Å². The maximum atomic E-state index is 11.7. The number of hydrogen-bond donors (Lipinski definition) is 2. The topological polar surface area (TPSA) is 41.1 Å². The highest BCUT2D eigenvalue weighted by Crippen LogP contribution is 2.14. The summed E-state index contributed by atoms with van der Waals surface area (Å²) in [6, 6.07) is 7.26. The molecule has 0 bridgehead atoms. The van der Waals surface area contributed by atoms with Gasteiger partial charge in [0.25, 0.3) is 5.91 Å². The van der Waals surface area contributed by atoms with Gasteiger partial charge in [-0.2, -0.15) is 0 Å². The molecular weight excluding hydrogens is 212 g/mol. The molecule has 0 aliphatic rings. The minimum atomic E-state index is -0.136. The zero-order chi connectivity index (χ0) is 11.3. The number of halogens is 1. The van der Waals surface area contributed by atoms with Gasteiger partial charge in [0, 0.05) is 12.6 Å². The first kappa shape index (κ1) is 12.0. The Morgan fingerprint density at radius 1 is 1.47 bits per heavy atom. The molecule has 0 saturated carbocycles. The van der Waals surface area contributed by atoms with Crippen LogP contribution in [0.4, 0.5) is 0 Å². The van der Waals surface area contributed by atoms with E-state index in [9.17, 15) is 4.79 Å². The summed E-state index contributed by atoms with van der Waals surface area (Å²) in [6.45, 7) is 2.58. The summed E-state index contributed by atoms with van der Waals surface area (Å²) in [5, 5.41) is 6.32. The van der Waals surface area contributed by atoms with Gasteiger partial charge in [-0.25, -0.2) is 0 Å². The van der Waals surface area contributed by atoms with Gasteiger partial charge in [-0.1, -0.05) is 23.7 Å². The Morgan fingerprint density at radius 2 is 2.13 bits per heavy atom. The largest absolute Gasteiger partial charge is 0.350 e. The van der Waals surface area contributed by atoms with Crippen molar-refractivity contribution in [1.29, 1.82) is 0 Å². The molecule has 0 radical (unpaired) electrons. The van der Waals surface area contributed by atoms with Crippen LogP contribution in [0.5, 0.6) is 0 Å². The zero-order valence-corrected chi connectivity index (χ0v) is 9.64. The number of nitrogens with one attached hydrogen (secondary N) is 2. The van der Waals surface area contributed by atoms with Gasteiger partial charge in [0.05, 0.1) is 10.6 Å². The molecule has 15 heavy (non-hydrogen) atoms. The first-order valence-electron chi connectivity index (χ1n) is 4.85. The standard InChI is InChI=1S/C11H15ClN2O/c1-8(13-2)7-14-11(15)9-5-3-4-6-10(9)12/h3-6,8,13H,7H2,1-2H3,(H,14,15). The minimum absolute atomic E-state index is 0.136. The van der Waals surface area contributed by atoms with E-state index in [1.807, 2.05) is 14.0 Å². The van der Waals surface area contributed by atoms with E-state index in [-0.39, 0.29) is 11.9 Å². The van der Waals surface area contributed by atoms with Gasteiger partial charge in [-0.3, -0.25) is 4.79 Å². The molecule has 1 atom stereocenters. The van der Waals surface area contributed by atoms with Crippen LogP contribution >= 0.6 is 11.6 Å². The van der Waals surface area contributed by atoms with Crippen molar-refractivity contribution < 1.29 is 4.79 Å². The molecule has 1 aromatic carbocycles. The smallest absolute Gasteiger partial charge is 0.252 e. The monoisotopic (exact) mass is 226 g/mol. The summed E-state index contributed by atoms with van der Waals surface area (Å²) in [7, 11) is 1.85. The van der Waals surface area contributed by atoms with Crippen LogP contribution in [0.25, 0.3) is 0 Å². The first-order chi connectivity index (χ1) is 7.15. The Morgan fingerprint density at radius 3 is 2.73 bits per heavy atom. The molecule has 0 fully saturated rings. The lowest BCUT2D eigenvalue weighted by Gasteiger charge is -2.11. The average Bonchev–Trinajstić information content (AvgIpc) is 2.26. The van der Waals surface area contributed by atoms with E-state index in [0.29, 0.717) is 17.1 Å². The van der Waals surface area contributed by atoms with E-state index >= 15 is 0 Å². The lowest BCUT2D eigenvalue weighted by Crippen LogP contribution is -2.37. The predicted octanol–water partition coefficient (Wildman–Crippen LogP) is 1.68. The van der Waals surface area contributed by atoms with Crippen molar-refractivity contribution in [3.63, 3.8) is 0 Å². The summed E-state index contributed by atoms with van der Waals surface area (Å²) in [5.41, 5.74) is 0.516. The Labute approximate surface area is 94.8 Å². The van der Waals surface area contributed by atoms with Crippen LogP contribution in [-0.4, -0.2) is 25.5 Å². The number of hydrogen-bond acceptors (Lipinski definition) is 2. The maximum absolute atomic E-state index is 11.7.